The van der Waals surface area contributed by atoms with Gasteiger partial charge in [0.2, 0.25) is 0 Å². The molecular formula is C32H54O3. The predicted octanol–water partition coefficient (Wildman–Crippen LogP) is 7.65. The van der Waals surface area contributed by atoms with Crippen molar-refractivity contribution in [3.05, 3.63) is 0 Å². The summed E-state index contributed by atoms with van der Waals surface area (Å²) in [5, 5.41) is 12.1. The first-order chi connectivity index (χ1) is 16.1. The van der Waals surface area contributed by atoms with Crippen molar-refractivity contribution in [3.8, 4) is 0 Å². The summed E-state index contributed by atoms with van der Waals surface area (Å²) in [7, 11) is 0. The lowest BCUT2D eigenvalue weighted by atomic mass is 9.31. The van der Waals surface area contributed by atoms with E-state index in [-0.39, 0.29) is 39.8 Å². The molecule has 0 aliphatic heterocycles. The fraction of sp³-hybridized carbons (Fsp3) is 0.969. The van der Waals surface area contributed by atoms with Crippen LogP contribution in [0.3, 0.4) is 0 Å². The number of ether oxygens (including phenoxy) is 1. The SMILES string of the molecule is CC(=O)OC1CC[C@]2(C)[C@H]3CC(O)[C@@H]4[C@@H]5[C@@H](C)[C@H](C)CC[C@]5(C)CC[C@@]4(C)[C@]3(C)CC[C@H]2C1(C)C. The van der Waals surface area contributed by atoms with Gasteiger partial charge >= 0.3 is 5.97 Å². The summed E-state index contributed by atoms with van der Waals surface area (Å²) in [5.74, 6) is 3.43. The van der Waals surface area contributed by atoms with Crippen LogP contribution in [0.5, 0.6) is 0 Å². The first-order valence-electron chi connectivity index (χ1n) is 15.0. The fourth-order valence-corrected chi connectivity index (χ4v) is 12.0. The van der Waals surface area contributed by atoms with E-state index in [1.807, 2.05) is 0 Å². The van der Waals surface area contributed by atoms with Crippen LogP contribution in [-0.4, -0.2) is 23.3 Å². The molecule has 0 heterocycles. The summed E-state index contributed by atoms with van der Waals surface area (Å²) < 4.78 is 5.89. The fourth-order valence-electron chi connectivity index (χ4n) is 12.0. The summed E-state index contributed by atoms with van der Waals surface area (Å²) in [4.78, 5) is 11.9. The number of hydrogen-bond acceptors (Lipinski definition) is 3. The zero-order chi connectivity index (χ0) is 25.8. The van der Waals surface area contributed by atoms with Crippen molar-refractivity contribution in [2.75, 3.05) is 0 Å². The number of hydrogen-bond donors (Lipinski definition) is 1. The highest BCUT2D eigenvalue weighted by atomic mass is 16.5. The molecule has 5 rings (SSSR count). The van der Waals surface area contributed by atoms with Crippen LogP contribution in [0.4, 0.5) is 0 Å². The molecule has 0 bridgehead atoms. The summed E-state index contributed by atoms with van der Waals surface area (Å²) in [6, 6.07) is 0. The van der Waals surface area contributed by atoms with Crippen molar-refractivity contribution in [1.29, 1.82) is 0 Å². The van der Waals surface area contributed by atoms with Gasteiger partial charge in [-0.3, -0.25) is 4.79 Å². The number of carbonyl (C=O) groups is 1. The van der Waals surface area contributed by atoms with Crippen LogP contribution in [0, 0.1) is 62.6 Å². The molecule has 0 amide bonds. The van der Waals surface area contributed by atoms with Gasteiger partial charge in [-0.05, 0) is 115 Å². The molecule has 0 saturated heterocycles. The minimum Gasteiger partial charge on any atom is -0.462 e. The Labute approximate surface area is 215 Å². The van der Waals surface area contributed by atoms with E-state index in [0.29, 0.717) is 35.0 Å². The molecule has 5 aliphatic rings. The third-order valence-electron chi connectivity index (χ3n) is 14.3. The minimum absolute atomic E-state index is 0.0132. The van der Waals surface area contributed by atoms with Gasteiger partial charge < -0.3 is 9.84 Å². The normalized spacial score (nSPS) is 57.2. The van der Waals surface area contributed by atoms with Crippen LogP contribution in [0.2, 0.25) is 0 Å². The number of carbonyl (C=O) groups excluding carboxylic acids is 1. The van der Waals surface area contributed by atoms with Crippen molar-refractivity contribution in [1.82, 2.24) is 0 Å². The zero-order valence-electron chi connectivity index (χ0n) is 24.2. The molecule has 5 saturated carbocycles. The highest BCUT2D eigenvalue weighted by molar-refractivity contribution is 5.66. The molecule has 3 heteroatoms. The van der Waals surface area contributed by atoms with Gasteiger partial charge in [0, 0.05) is 12.3 Å². The molecular weight excluding hydrogens is 432 g/mol. The van der Waals surface area contributed by atoms with Crippen LogP contribution < -0.4 is 0 Å². The molecule has 200 valence electrons. The first kappa shape index (κ1) is 26.1. The number of rotatable bonds is 1. The molecule has 0 aromatic carbocycles. The molecule has 12 atom stereocenters. The average Bonchev–Trinajstić information content (AvgIpc) is 2.76. The Morgan fingerprint density at radius 2 is 1.49 bits per heavy atom. The van der Waals surface area contributed by atoms with Gasteiger partial charge in [0.1, 0.15) is 6.10 Å². The van der Waals surface area contributed by atoms with E-state index in [1.54, 1.807) is 6.92 Å². The molecule has 5 fully saturated rings. The van der Waals surface area contributed by atoms with Crippen molar-refractivity contribution in [2.45, 2.75) is 132 Å². The number of aliphatic hydroxyl groups excluding tert-OH is 1. The van der Waals surface area contributed by atoms with Gasteiger partial charge in [-0.15, -0.1) is 0 Å². The van der Waals surface area contributed by atoms with Gasteiger partial charge in [0.15, 0.2) is 0 Å². The Hall–Kier alpha value is -0.570. The second-order valence-electron chi connectivity index (χ2n) is 15.8. The lowest BCUT2D eigenvalue weighted by Gasteiger charge is -2.74. The smallest absolute Gasteiger partial charge is 0.302 e. The molecule has 0 spiro atoms. The molecule has 3 nitrogen and oxygen atoms in total. The Morgan fingerprint density at radius 1 is 0.800 bits per heavy atom. The van der Waals surface area contributed by atoms with Gasteiger partial charge in [-0.25, -0.2) is 0 Å². The van der Waals surface area contributed by atoms with Gasteiger partial charge in [-0.2, -0.15) is 0 Å². The average molecular weight is 487 g/mol. The summed E-state index contributed by atoms with van der Waals surface area (Å²) in [5.41, 5.74) is 1.00. The first-order valence-corrected chi connectivity index (χ1v) is 15.0. The van der Waals surface area contributed by atoms with Gasteiger partial charge in [-0.1, -0.05) is 55.4 Å². The quantitative estimate of drug-likeness (QED) is 0.387. The van der Waals surface area contributed by atoms with E-state index in [4.69, 9.17) is 4.74 Å². The second-order valence-corrected chi connectivity index (χ2v) is 15.8. The number of esters is 1. The van der Waals surface area contributed by atoms with E-state index in [0.717, 1.165) is 25.2 Å². The maximum Gasteiger partial charge on any atom is 0.302 e. The molecule has 0 aromatic rings. The topological polar surface area (TPSA) is 46.5 Å². The molecule has 0 radical (unpaired) electrons. The molecule has 1 N–H and O–H groups in total. The lowest BCUT2D eigenvalue weighted by molar-refractivity contribution is -0.281. The lowest BCUT2D eigenvalue weighted by Crippen LogP contribution is -2.70. The highest BCUT2D eigenvalue weighted by Crippen LogP contribution is 2.77. The van der Waals surface area contributed by atoms with Crippen LogP contribution in [0.25, 0.3) is 0 Å². The Bertz CT molecular complexity index is 865. The molecule has 2 unspecified atom stereocenters. The monoisotopic (exact) mass is 486 g/mol. The Kier molecular flexibility index (Phi) is 5.93. The van der Waals surface area contributed by atoms with Crippen molar-refractivity contribution < 1.29 is 14.6 Å². The van der Waals surface area contributed by atoms with Crippen molar-refractivity contribution in [2.24, 2.45) is 62.6 Å². The summed E-state index contributed by atoms with van der Waals surface area (Å²) in [6.07, 6.45) is 10.6. The second kappa shape index (κ2) is 7.97. The van der Waals surface area contributed by atoms with Crippen LogP contribution in [-0.2, 0) is 9.53 Å². The summed E-state index contributed by atoms with van der Waals surface area (Å²) in [6.45, 7) is 21.6. The maximum atomic E-state index is 12.1. The van der Waals surface area contributed by atoms with Crippen LogP contribution in [0.1, 0.15) is 120 Å². The van der Waals surface area contributed by atoms with Gasteiger partial charge in [0.25, 0.3) is 0 Å². The Balaban J connectivity index is 1.53. The Morgan fingerprint density at radius 3 is 2.14 bits per heavy atom. The van der Waals surface area contributed by atoms with E-state index in [1.165, 1.54) is 38.5 Å². The van der Waals surface area contributed by atoms with Crippen LogP contribution >= 0.6 is 0 Å². The zero-order valence-corrected chi connectivity index (χ0v) is 24.2. The molecule has 35 heavy (non-hydrogen) atoms. The third-order valence-corrected chi connectivity index (χ3v) is 14.3. The predicted molar refractivity (Wildman–Crippen MR) is 142 cm³/mol. The van der Waals surface area contributed by atoms with E-state index >= 15 is 0 Å². The van der Waals surface area contributed by atoms with Gasteiger partial charge in [0.05, 0.1) is 6.10 Å². The standard InChI is InChI=1S/C32H54O3/c1-19-10-13-29(6)16-17-32(9)27(26(29)20(19)2)22(34)18-24-30(7)14-12-25(35-21(3)33)28(4,5)23(30)11-15-31(24,32)8/h19-20,22-27,34H,10-18H2,1-9H3/t19-,20+,22?,23+,24-,25?,26+,27-,29-,30+,31-,32-/m1/s1. The molecule has 0 aromatic heterocycles. The largest absolute Gasteiger partial charge is 0.462 e. The maximum absolute atomic E-state index is 12.1. The van der Waals surface area contributed by atoms with E-state index in [9.17, 15) is 9.90 Å². The van der Waals surface area contributed by atoms with Crippen molar-refractivity contribution in [3.63, 3.8) is 0 Å². The molecule has 5 aliphatic carbocycles. The van der Waals surface area contributed by atoms with E-state index in [2.05, 4.69) is 55.4 Å². The number of aliphatic hydroxyl groups is 1. The van der Waals surface area contributed by atoms with Crippen LogP contribution in [0.15, 0.2) is 0 Å². The number of fused-ring (bicyclic) bond motifs is 7. The van der Waals surface area contributed by atoms with Crippen molar-refractivity contribution >= 4 is 5.97 Å². The third kappa shape index (κ3) is 3.34. The van der Waals surface area contributed by atoms with E-state index < -0.39 is 0 Å². The highest BCUT2D eigenvalue weighted by Gasteiger charge is 2.71. The minimum atomic E-state index is -0.194. The summed E-state index contributed by atoms with van der Waals surface area (Å²) >= 11 is 0.